The Labute approximate surface area is 140 Å². The van der Waals surface area contributed by atoms with Gasteiger partial charge >= 0.3 is 0 Å². The molecule has 0 saturated heterocycles. The van der Waals surface area contributed by atoms with E-state index in [1.165, 1.54) is 16.7 Å². The molecular formula is C18H19N5O. The molecule has 1 aromatic heterocycles. The quantitative estimate of drug-likeness (QED) is 0.800. The summed E-state index contributed by atoms with van der Waals surface area (Å²) in [6.07, 6.45) is 1.99. The first kappa shape index (κ1) is 14.7. The van der Waals surface area contributed by atoms with E-state index in [1.54, 1.807) is 11.8 Å². The Balaban J connectivity index is 1.63. The number of tetrazole rings is 1. The van der Waals surface area contributed by atoms with E-state index in [2.05, 4.69) is 46.0 Å². The second-order valence-electron chi connectivity index (χ2n) is 6.01. The third-order valence-electron chi connectivity index (χ3n) is 4.50. The molecule has 0 fully saturated rings. The highest BCUT2D eigenvalue weighted by Gasteiger charge is 2.26. The topological polar surface area (TPSA) is 64.9 Å². The van der Waals surface area contributed by atoms with Crippen molar-refractivity contribution >= 4 is 5.95 Å². The number of nitrogens with zero attached hydrogens (tertiary/aromatic N) is 4. The lowest BCUT2D eigenvalue weighted by Gasteiger charge is -2.15. The van der Waals surface area contributed by atoms with Gasteiger partial charge in [0.25, 0.3) is 0 Å². The van der Waals surface area contributed by atoms with Crippen LogP contribution in [-0.4, -0.2) is 27.3 Å². The average molecular weight is 321 g/mol. The number of aromatic nitrogens is 4. The summed E-state index contributed by atoms with van der Waals surface area (Å²) in [5, 5.41) is 15.6. The van der Waals surface area contributed by atoms with Gasteiger partial charge in [-0.1, -0.05) is 34.9 Å². The Morgan fingerprint density at radius 3 is 2.79 bits per heavy atom. The summed E-state index contributed by atoms with van der Waals surface area (Å²) in [6.45, 7) is 2.06. The molecule has 6 heteroatoms. The van der Waals surface area contributed by atoms with Crippen molar-refractivity contribution < 1.29 is 4.74 Å². The molecule has 1 N–H and O–H groups in total. The molecule has 24 heavy (non-hydrogen) atoms. The lowest BCUT2D eigenvalue weighted by atomic mass is 10.1. The van der Waals surface area contributed by atoms with Gasteiger partial charge in [0.05, 0.1) is 18.8 Å². The third kappa shape index (κ3) is 2.50. The van der Waals surface area contributed by atoms with Crippen LogP contribution < -0.4 is 10.1 Å². The third-order valence-corrected chi connectivity index (χ3v) is 4.50. The van der Waals surface area contributed by atoms with E-state index in [1.807, 2.05) is 24.3 Å². The van der Waals surface area contributed by atoms with E-state index in [0.717, 1.165) is 24.3 Å². The van der Waals surface area contributed by atoms with Gasteiger partial charge in [-0.3, -0.25) is 0 Å². The highest BCUT2D eigenvalue weighted by molar-refractivity contribution is 5.49. The summed E-state index contributed by atoms with van der Waals surface area (Å²) in [6, 6.07) is 14.5. The largest absolute Gasteiger partial charge is 0.496 e. The lowest BCUT2D eigenvalue weighted by Crippen LogP contribution is -2.12. The zero-order valence-electron chi connectivity index (χ0n) is 13.7. The maximum absolute atomic E-state index is 5.47. The fourth-order valence-electron chi connectivity index (χ4n) is 3.25. The Morgan fingerprint density at radius 1 is 1.17 bits per heavy atom. The molecule has 1 aliphatic rings. The zero-order valence-corrected chi connectivity index (χ0v) is 13.7. The Kier molecular flexibility index (Phi) is 3.65. The molecule has 6 nitrogen and oxygen atoms in total. The summed E-state index contributed by atoms with van der Waals surface area (Å²) in [5.41, 5.74) is 4.68. The van der Waals surface area contributed by atoms with Crippen molar-refractivity contribution in [3.63, 3.8) is 0 Å². The van der Waals surface area contributed by atoms with Gasteiger partial charge in [-0.2, -0.15) is 4.68 Å². The van der Waals surface area contributed by atoms with Crippen LogP contribution in [0.4, 0.5) is 5.95 Å². The highest BCUT2D eigenvalue weighted by Crippen LogP contribution is 2.38. The number of anilines is 1. The van der Waals surface area contributed by atoms with Crippen molar-refractivity contribution in [2.75, 3.05) is 12.4 Å². The zero-order chi connectivity index (χ0) is 16.5. The summed E-state index contributed by atoms with van der Waals surface area (Å²) < 4.78 is 7.21. The van der Waals surface area contributed by atoms with Crippen molar-refractivity contribution in [3.8, 4) is 11.4 Å². The predicted molar refractivity (Wildman–Crippen MR) is 91.6 cm³/mol. The molecule has 0 amide bonds. The van der Waals surface area contributed by atoms with E-state index in [9.17, 15) is 0 Å². The lowest BCUT2D eigenvalue weighted by molar-refractivity contribution is 0.410. The number of methoxy groups -OCH3 is 1. The van der Waals surface area contributed by atoms with Crippen molar-refractivity contribution in [1.29, 1.82) is 0 Å². The number of hydrogen-bond donors (Lipinski definition) is 1. The summed E-state index contributed by atoms with van der Waals surface area (Å²) in [4.78, 5) is 0. The molecule has 4 rings (SSSR count). The standard InChI is InChI=1S/C18H19N5O/c1-12-6-8-13(9-7-12)23-18(20-21-22-23)19-16-11-10-15-14(16)4-3-5-17(15)24-2/h3-9,16H,10-11H2,1-2H3,(H,19,20,22). The number of aryl methyl sites for hydroxylation is 1. The first-order valence-corrected chi connectivity index (χ1v) is 8.04. The fraction of sp³-hybridized carbons (Fsp3) is 0.278. The van der Waals surface area contributed by atoms with Gasteiger partial charge in [0.2, 0.25) is 5.95 Å². The van der Waals surface area contributed by atoms with Crippen LogP contribution in [-0.2, 0) is 6.42 Å². The predicted octanol–water partition coefficient (Wildman–Crippen LogP) is 3.08. The van der Waals surface area contributed by atoms with Crippen LogP contribution in [0.3, 0.4) is 0 Å². The van der Waals surface area contributed by atoms with E-state index in [0.29, 0.717) is 5.95 Å². The number of rotatable bonds is 4. The minimum absolute atomic E-state index is 0.185. The number of hydrogen-bond acceptors (Lipinski definition) is 5. The molecule has 1 unspecified atom stereocenters. The molecule has 122 valence electrons. The summed E-state index contributed by atoms with van der Waals surface area (Å²) in [5.74, 6) is 1.61. The van der Waals surface area contributed by atoms with Crippen LogP contribution in [0.1, 0.15) is 29.2 Å². The van der Waals surface area contributed by atoms with Crippen molar-refractivity contribution in [3.05, 3.63) is 59.2 Å². The van der Waals surface area contributed by atoms with Crippen LogP contribution in [0, 0.1) is 6.92 Å². The maximum Gasteiger partial charge on any atom is 0.248 e. The van der Waals surface area contributed by atoms with Crippen LogP contribution in [0.25, 0.3) is 5.69 Å². The Bertz CT molecular complexity index is 856. The van der Waals surface area contributed by atoms with Gasteiger partial charge < -0.3 is 10.1 Å². The molecule has 0 aliphatic heterocycles. The highest BCUT2D eigenvalue weighted by atomic mass is 16.5. The molecule has 0 saturated carbocycles. The van der Waals surface area contributed by atoms with Gasteiger partial charge in [-0.15, -0.1) is 0 Å². The molecule has 1 atom stereocenters. The van der Waals surface area contributed by atoms with E-state index >= 15 is 0 Å². The van der Waals surface area contributed by atoms with Crippen molar-refractivity contribution in [1.82, 2.24) is 20.2 Å². The minimum atomic E-state index is 0.185. The number of benzene rings is 2. The van der Waals surface area contributed by atoms with Gasteiger partial charge in [0, 0.05) is 0 Å². The number of nitrogens with one attached hydrogen (secondary N) is 1. The molecule has 2 aromatic carbocycles. The maximum atomic E-state index is 5.47. The van der Waals surface area contributed by atoms with Crippen LogP contribution >= 0.6 is 0 Å². The molecular weight excluding hydrogens is 302 g/mol. The fourth-order valence-corrected chi connectivity index (χ4v) is 3.25. The Morgan fingerprint density at radius 2 is 2.00 bits per heavy atom. The molecule has 3 aromatic rings. The molecule has 0 spiro atoms. The van der Waals surface area contributed by atoms with Crippen LogP contribution in [0.15, 0.2) is 42.5 Å². The van der Waals surface area contributed by atoms with E-state index < -0.39 is 0 Å². The molecule has 1 heterocycles. The first-order valence-electron chi connectivity index (χ1n) is 8.04. The monoisotopic (exact) mass is 321 g/mol. The van der Waals surface area contributed by atoms with Crippen molar-refractivity contribution in [2.24, 2.45) is 0 Å². The summed E-state index contributed by atoms with van der Waals surface area (Å²) >= 11 is 0. The number of fused-ring (bicyclic) bond motifs is 1. The van der Waals surface area contributed by atoms with Crippen LogP contribution in [0.2, 0.25) is 0 Å². The molecule has 0 radical (unpaired) electrons. The summed E-state index contributed by atoms with van der Waals surface area (Å²) in [7, 11) is 1.72. The molecule has 1 aliphatic carbocycles. The number of ether oxygens (including phenoxy) is 1. The second kappa shape index (κ2) is 5.96. The average Bonchev–Trinajstić information content (AvgIpc) is 3.23. The molecule has 0 bridgehead atoms. The minimum Gasteiger partial charge on any atom is -0.496 e. The van der Waals surface area contributed by atoms with E-state index in [4.69, 9.17) is 4.74 Å². The van der Waals surface area contributed by atoms with Crippen LogP contribution in [0.5, 0.6) is 5.75 Å². The van der Waals surface area contributed by atoms with E-state index in [-0.39, 0.29) is 6.04 Å². The van der Waals surface area contributed by atoms with Gasteiger partial charge in [-0.25, -0.2) is 0 Å². The van der Waals surface area contributed by atoms with Gasteiger partial charge in [0.15, 0.2) is 0 Å². The normalized spacial score (nSPS) is 16.0. The van der Waals surface area contributed by atoms with Gasteiger partial charge in [0.1, 0.15) is 5.75 Å². The van der Waals surface area contributed by atoms with Crippen molar-refractivity contribution in [2.45, 2.75) is 25.8 Å². The smallest absolute Gasteiger partial charge is 0.248 e. The SMILES string of the molecule is COc1cccc2c1CCC2Nc1nnnn1-c1ccc(C)cc1. The second-order valence-corrected chi connectivity index (χ2v) is 6.01. The van der Waals surface area contributed by atoms with Gasteiger partial charge in [-0.05, 0) is 59.5 Å². The first-order chi connectivity index (χ1) is 11.8. The Hall–Kier alpha value is -2.89.